The first kappa shape index (κ1) is 26.1. The summed E-state index contributed by atoms with van der Waals surface area (Å²) in [6, 6.07) is 16.9. The number of hydrogen-bond acceptors (Lipinski definition) is 4. The van der Waals surface area contributed by atoms with Crippen LogP contribution < -0.4 is 0 Å². The molecule has 1 saturated heterocycles. The summed E-state index contributed by atoms with van der Waals surface area (Å²) < 4.78 is 22.6. The molecule has 31 heavy (non-hydrogen) atoms. The Labute approximate surface area is 185 Å². The summed E-state index contributed by atoms with van der Waals surface area (Å²) in [4.78, 5) is 25.8. The topological polar surface area (TPSA) is 55.8 Å². The van der Waals surface area contributed by atoms with Crippen molar-refractivity contribution in [3.63, 3.8) is 0 Å². The molecule has 170 valence electrons. The SMILES string of the molecule is CC.CC(C)(C)OC(=O)N1CCCC1C(=O)OCc1ccccc1.Fc1ccccc1. The average Bonchev–Trinajstić information content (AvgIpc) is 3.24. The van der Waals surface area contributed by atoms with Crippen molar-refractivity contribution in [2.24, 2.45) is 0 Å². The predicted octanol–water partition coefficient (Wildman–Crippen LogP) is 5.98. The number of esters is 1. The number of rotatable bonds is 3. The van der Waals surface area contributed by atoms with Gasteiger partial charge in [-0.2, -0.15) is 0 Å². The number of halogens is 1. The maximum absolute atomic E-state index is 12.2. The van der Waals surface area contributed by atoms with Crippen LogP contribution in [-0.2, 0) is 20.9 Å². The van der Waals surface area contributed by atoms with E-state index in [0.29, 0.717) is 13.0 Å². The Hall–Kier alpha value is -2.89. The molecule has 0 saturated carbocycles. The molecular formula is C25H34FNO4. The molecule has 0 aromatic heterocycles. The third-order valence-electron chi connectivity index (χ3n) is 4.11. The van der Waals surface area contributed by atoms with E-state index in [4.69, 9.17) is 9.47 Å². The van der Waals surface area contributed by atoms with Crippen molar-refractivity contribution in [1.29, 1.82) is 0 Å². The molecule has 1 aliphatic rings. The first-order valence-electron chi connectivity index (χ1n) is 10.7. The Morgan fingerprint density at radius 3 is 2.03 bits per heavy atom. The van der Waals surface area contributed by atoms with Crippen LogP contribution in [0.5, 0.6) is 0 Å². The highest BCUT2D eigenvalue weighted by molar-refractivity contribution is 5.82. The molecule has 1 fully saturated rings. The predicted molar refractivity (Wildman–Crippen MR) is 120 cm³/mol. The van der Waals surface area contributed by atoms with Crippen molar-refractivity contribution in [3.05, 3.63) is 72.0 Å². The Kier molecular flexibility index (Phi) is 11.3. The number of ether oxygens (including phenoxy) is 2. The summed E-state index contributed by atoms with van der Waals surface area (Å²) in [6.45, 7) is 10.2. The van der Waals surface area contributed by atoms with E-state index < -0.39 is 17.7 Å². The zero-order chi connectivity index (χ0) is 23.3. The van der Waals surface area contributed by atoms with E-state index in [9.17, 15) is 14.0 Å². The summed E-state index contributed by atoms with van der Waals surface area (Å²) in [7, 11) is 0. The van der Waals surface area contributed by atoms with E-state index in [1.165, 1.54) is 17.0 Å². The number of hydrogen-bond donors (Lipinski definition) is 0. The van der Waals surface area contributed by atoms with Crippen molar-refractivity contribution >= 4 is 12.1 Å². The zero-order valence-electron chi connectivity index (χ0n) is 19.1. The number of carbonyl (C=O) groups is 2. The van der Waals surface area contributed by atoms with Gasteiger partial charge in [-0.25, -0.2) is 14.0 Å². The monoisotopic (exact) mass is 431 g/mol. The zero-order valence-corrected chi connectivity index (χ0v) is 19.1. The number of likely N-dealkylation sites (tertiary alicyclic amines) is 1. The van der Waals surface area contributed by atoms with Crippen LogP contribution in [0.25, 0.3) is 0 Å². The highest BCUT2D eigenvalue weighted by Gasteiger charge is 2.37. The lowest BCUT2D eigenvalue weighted by Crippen LogP contribution is -2.44. The lowest BCUT2D eigenvalue weighted by molar-refractivity contribution is -0.150. The molecule has 2 aromatic rings. The van der Waals surface area contributed by atoms with Crippen LogP contribution in [0.4, 0.5) is 9.18 Å². The van der Waals surface area contributed by atoms with Gasteiger partial charge in [0.1, 0.15) is 24.1 Å². The molecule has 2 aromatic carbocycles. The van der Waals surface area contributed by atoms with Crippen molar-refractivity contribution in [3.8, 4) is 0 Å². The molecule has 0 spiro atoms. The number of amides is 1. The lowest BCUT2D eigenvalue weighted by atomic mass is 10.2. The van der Waals surface area contributed by atoms with Gasteiger partial charge in [0.15, 0.2) is 0 Å². The number of carbonyl (C=O) groups excluding carboxylic acids is 2. The van der Waals surface area contributed by atoms with Crippen molar-refractivity contribution in [2.75, 3.05) is 6.54 Å². The summed E-state index contributed by atoms with van der Waals surface area (Å²) in [5.74, 6) is -0.547. The first-order chi connectivity index (χ1) is 14.8. The number of nitrogens with zero attached hydrogens (tertiary/aromatic N) is 1. The van der Waals surface area contributed by atoms with Gasteiger partial charge in [0.25, 0.3) is 0 Å². The van der Waals surface area contributed by atoms with Gasteiger partial charge in [-0.3, -0.25) is 4.90 Å². The molecule has 0 aliphatic carbocycles. The Balaban J connectivity index is 0.000000447. The van der Waals surface area contributed by atoms with Gasteiger partial charge >= 0.3 is 12.1 Å². The van der Waals surface area contributed by atoms with Crippen LogP contribution >= 0.6 is 0 Å². The van der Waals surface area contributed by atoms with Gasteiger partial charge < -0.3 is 9.47 Å². The van der Waals surface area contributed by atoms with Crippen LogP contribution in [-0.4, -0.2) is 35.2 Å². The van der Waals surface area contributed by atoms with E-state index in [1.54, 1.807) is 18.2 Å². The number of benzene rings is 2. The van der Waals surface area contributed by atoms with Crippen LogP contribution in [0, 0.1) is 5.82 Å². The maximum Gasteiger partial charge on any atom is 0.411 e. The van der Waals surface area contributed by atoms with Gasteiger partial charge in [0.05, 0.1) is 0 Å². The molecule has 6 heteroatoms. The van der Waals surface area contributed by atoms with Gasteiger partial charge in [-0.15, -0.1) is 0 Å². The Morgan fingerprint density at radius 1 is 1.00 bits per heavy atom. The normalized spacial score (nSPS) is 15.0. The van der Waals surface area contributed by atoms with E-state index in [2.05, 4.69) is 0 Å². The molecule has 0 radical (unpaired) electrons. The standard InChI is InChI=1S/C17H23NO4.C6H5F.C2H6/c1-17(2,3)22-16(20)18-11-7-10-14(18)15(19)21-12-13-8-5-4-6-9-13;7-6-4-2-1-3-5-6;1-2/h4-6,8-9,14H,7,10-12H2,1-3H3;1-5H;1-2H3. The highest BCUT2D eigenvalue weighted by atomic mass is 19.1. The fourth-order valence-electron chi connectivity index (χ4n) is 2.79. The average molecular weight is 432 g/mol. The largest absolute Gasteiger partial charge is 0.459 e. The van der Waals surface area contributed by atoms with Crippen LogP contribution in [0.2, 0.25) is 0 Å². The molecule has 1 aliphatic heterocycles. The summed E-state index contributed by atoms with van der Waals surface area (Å²) in [6.07, 6.45) is 0.948. The quantitative estimate of drug-likeness (QED) is 0.561. The van der Waals surface area contributed by atoms with Crippen LogP contribution in [0.1, 0.15) is 53.0 Å². The molecule has 1 atom stereocenters. The van der Waals surface area contributed by atoms with Crippen molar-refractivity contribution in [2.45, 2.75) is 65.7 Å². The summed E-state index contributed by atoms with van der Waals surface area (Å²) >= 11 is 0. The minimum atomic E-state index is -0.571. The van der Waals surface area contributed by atoms with Crippen molar-refractivity contribution in [1.82, 2.24) is 4.90 Å². The fraction of sp³-hybridized carbons (Fsp3) is 0.440. The first-order valence-corrected chi connectivity index (χ1v) is 10.7. The summed E-state index contributed by atoms with van der Waals surface area (Å²) in [5.41, 5.74) is 0.357. The van der Waals surface area contributed by atoms with Crippen LogP contribution in [0.3, 0.4) is 0 Å². The maximum atomic E-state index is 12.2. The minimum Gasteiger partial charge on any atom is -0.459 e. The third-order valence-corrected chi connectivity index (χ3v) is 4.11. The highest BCUT2D eigenvalue weighted by Crippen LogP contribution is 2.22. The minimum absolute atomic E-state index is 0.178. The lowest BCUT2D eigenvalue weighted by Gasteiger charge is -2.27. The molecule has 3 rings (SSSR count). The molecule has 0 bridgehead atoms. The molecule has 0 N–H and O–H groups in total. The summed E-state index contributed by atoms with van der Waals surface area (Å²) in [5, 5.41) is 0. The smallest absolute Gasteiger partial charge is 0.411 e. The second-order valence-electron chi connectivity index (χ2n) is 7.72. The second-order valence-corrected chi connectivity index (χ2v) is 7.72. The Morgan fingerprint density at radius 2 is 1.55 bits per heavy atom. The van der Waals surface area contributed by atoms with Crippen molar-refractivity contribution < 1.29 is 23.5 Å². The van der Waals surface area contributed by atoms with E-state index in [0.717, 1.165) is 12.0 Å². The molecule has 1 amide bonds. The fourth-order valence-corrected chi connectivity index (χ4v) is 2.79. The van der Waals surface area contributed by atoms with Gasteiger partial charge in [-0.05, 0) is 51.3 Å². The second kappa shape index (κ2) is 13.4. The molecule has 1 unspecified atom stereocenters. The Bertz CT molecular complexity index is 775. The molecule has 1 heterocycles. The molecule has 5 nitrogen and oxygen atoms in total. The van der Waals surface area contributed by atoms with Crippen LogP contribution in [0.15, 0.2) is 60.7 Å². The van der Waals surface area contributed by atoms with E-state index >= 15 is 0 Å². The van der Waals surface area contributed by atoms with Gasteiger partial charge in [0.2, 0.25) is 0 Å². The van der Waals surface area contributed by atoms with E-state index in [1.807, 2.05) is 65.0 Å². The van der Waals surface area contributed by atoms with Gasteiger partial charge in [0, 0.05) is 6.54 Å². The van der Waals surface area contributed by atoms with E-state index in [-0.39, 0.29) is 18.4 Å². The molecular weight excluding hydrogens is 397 g/mol. The van der Waals surface area contributed by atoms with Gasteiger partial charge in [-0.1, -0.05) is 62.4 Å². The third kappa shape index (κ3) is 10.1.